The standard InChI is InChI=1S/C14H26N6O/c1-11(2)21-14-12(15)13(17-10-18-14)16-4-5-20-8-6-19(3)7-9-20/h10-11H,4-9,15H2,1-3H3,(H,16,17,18). The van der Waals surface area contributed by atoms with E-state index in [1.807, 2.05) is 13.8 Å². The molecule has 1 saturated heterocycles. The van der Waals surface area contributed by atoms with E-state index in [4.69, 9.17) is 10.5 Å². The van der Waals surface area contributed by atoms with Gasteiger partial charge < -0.3 is 20.7 Å². The first kappa shape index (κ1) is 15.8. The second-order valence-electron chi connectivity index (χ2n) is 5.68. The predicted molar refractivity (Wildman–Crippen MR) is 84.6 cm³/mol. The number of rotatable bonds is 6. The molecule has 0 unspecified atom stereocenters. The van der Waals surface area contributed by atoms with Crippen LogP contribution in [0.4, 0.5) is 11.5 Å². The lowest BCUT2D eigenvalue weighted by molar-refractivity contribution is 0.158. The number of ether oxygens (including phenoxy) is 1. The predicted octanol–water partition coefficient (Wildman–Crippen LogP) is 0.505. The molecule has 0 atom stereocenters. The Morgan fingerprint density at radius 1 is 1.29 bits per heavy atom. The van der Waals surface area contributed by atoms with Gasteiger partial charge in [0.15, 0.2) is 5.82 Å². The number of nitrogens with one attached hydrogen (secondary N) is 1. The highest BCUT2D eigenvalue weighted by Crippen LogP contribution is 2.25. The number of likely N-dealkylation sites (N-methyl/N-ethyl adjacent to an activating group) is 1. The zero-order valence-electron chi connectivity index (χ0n) is 13.2. The summed E-state index contributed by atoms with van der Waals surface area (Å²) in [6.45, 7) is 10.2. The van der Waals surface area contributed by atoms with Crippen LogP contribution in [0.15, 0.2) is 6.33 Å². The third-order valence-corrected chi connectivity index (χ3v) is 3.51. The lowest BCUT2D eigenvalue weighted by Gasteiger charge is -2.32. The Morgan fingerprint density at radius 3 is 2.67 bits per heavy atom. The summed E-state index contributed by atoms with van der Waals surface area (Å²) in [5, 5.41) is 3.27. The summed E-state index contributed by atoms with van der Waals surface area (Å²) in [6.07, 6.45) is 1.52. The zero-order chi connectivity index (χ0) is 15.2. The van der Waals surface area contributed by atoms with Crippen molar-refractivity contribution in [2.45, 2.75) is 20.0 Å². The molecule has 1 aliphatic rings. The Balaban J connectivity index is 1.83. The van der Waals surface area contributed by atoms with Gasteiger partial charge in [-0.3, -0.25) is 4.90 Å². The highest BCUT2D eigenvalue weighted by atomic mass is 16.5. The van der Waals surface area contributed by atoms with Gasteiger partial charge in [-0.1, -0.05) is 0 Å². The Kier molecular flexibility index (Phi) is 5.58. The molecule has 0 spiro atoms. The highest BCUT2D eigenvalue weighted by molar-refractivity contribution is 5.66. The van der Waals surface area contributed by atoms with Gasteiger partial charge in [0.1, 0.15) is 12.0 Å². The first-order valence-electron chi connectivity index (χ1n) is 7.48. The monoisotopic (exact) mass is 294 g/mol. The lowest BCUT2D eigenvalue weighted by Crippen LogP contribution is -2.45. The number of nitrogen functional groups attached to an aromatic ring is 1. The van der Waals surface area contributed by atoms with Gasteiger partial charge in [-0.05, 0) is 20.9 Å². The maximum atomic E-state index is 6.04. The van der Waals surface area contributed by atoms with Crippen LogP contribution in [0.1, 0.15) is 13.8 Å². The summed E-state index contributed by atoms with van der Waals surface area (Å²) in [5.74, 6) is 1.09. The minimum atomic E-state index is 0.0420. The molecule has 2 heterocycles. The van der Waals surface area contributed by atoms with Crippen LogP contribution >= 0.6 is 0 Å². The first-order chi connectivity index (χ1) is 10.1. The third-order valence-electron chi connectivity index (χ3n) is 3.51. The van der Waals surface area contributed by atoms with Crippen molar-refractivity contribution in [1.82, 2.24) is 19.8 Å². The van der Waals surface area contributed by atoms with E-state index in [2.05, 4.69) is 32.1 Å². The average Bonchev–Trinajstić information content (AvgIpc) is 2.44. The molecule has 0 bridgehead atoms. The second-order valence-corrected chi connectivity index (χ2v) is 5.68. The third kappa shape index (κ3) is 4.71. The van der Waals surface area contributed by atoms with Crippen molar-refractivity contribution in [3.63, 3.8) is 0 Å². The van der Waals surface area contributed by atoms with Gasteiger partial charge in [-0.25, -0.2) is 4.98 Å². The smallest absolute Gasteiger partial charge is 0.242 e. The van der Waals surface area contributed by atoms with E-state index in [-0.39, 0.29) is 6.10 Å². The van der Waals surface area contributed by atoms with Crippen molar-refractivity contribution in [2.24, 2.45) is 0 Å². The Bertz CT molecular complexity index is 445. The molecule has 0 amide bonds. The van der Waals surface area contributed by atoms with Gasteiger partial charge in [-0.15, -0.1) is 0 Å². The topological polar surface area (TPSA) is 79.5 Å². The molecule has 0 aromatic carbocycles. The summed E-state index contributed by atoms with van der Waals surface area (Å²) in [4.78, 5) is 13.0. The molecule has 2 rings (SSSR count). The number of piperazine rings is 1. The Labute approximate surface area is 126 Å². The fourth-order valence-electron chi connectivity index (χ4n) is 2.24. The molecule has 7 heteroatoms. The summed E-state index contributed by atoms with van der Waals surface area (Å²) in [5.41, 5.74) is 6.51. The van der Waals surface area contributed by atoms with E-state index in [9.17, 15) is 0 Å². The molecule has 1 aromatic rings. The summed E-state index contributed by atoms with van der Waals surface area (Å²) < 4.78 is 5.56. The SMILES string of the molecule is CC(C)Oc1ncnc(NCCN2CCN(C)CC2)c1N. The molecule has 1 aliphatic heterocycles. The van der Waals surface area contributed by atoms with Crippen molar-refractivity contribution in [3.05, 3.63) is 6.33 Å². The molecular formula is C14H26N6O. The number of anilines is 2. The number of hydrogen-bond acceptors (Lipinski definition) is 7. The lowest BCUT2D eigenvalue weighted by atomic mass is 10.3. The Morgan fingerprint density at radius 2 is 2.00 bits per heavy atom. The largest absolute Gasteiger partial charge is 0.473 e. The van der Waals surface area contributed by atoms with Gasteiger partial charge in [0.2, 0.25) is 5.88 Å². The molecule has 1 aromatic heterocycles. The number of aromatic nitrogens is 2. The quantitative estimate of drug-likeness (QED) is 0.791. The second kappa shape index (κ2) is 7.42. The van der Waals surface area contributed by atoms with Crippen molar-refractivity contribution < 1.29 is 4.74 Å². The first-order valence-corrected chi connectivity index (χ1v) is 7.48. The maximum absolute atomic E-state index is 6.04. The fraction of sp³-hybridized carbons (Fsp3) is 0.714. The van der Waals surface area contributed by atoms with Gasteiger partial charge in [0.05, 0.1) is 6.10 Å². The zero-order valence-corrected chi connectivity index (χ0v) is 13.2. The van der Waals surface area contributed by atoms with E-state index in [0.717, 1.165) is 39.3 Å². The van der Waals surface area contributed by atoms with E-state index in [0.29, 0.717) is 17.4 Å². The highest BCUT2D eigenvalue weighted by Gasteiger charge is 2.14. The molecule has 0 radical (unpaired) electrons. The molecular weight excluding hydrogens is 268 g/mol. The van der Waals surface area contributed by atoms with Crippen molar-refractivity contribution >= 4 is 11.5 Å². The van der Waals surface area contributed by atoms with Crippen LogP contribution in [-0.4, -0.2) is 72.2 Å². The molecule has 7 nitrogen and oxygen atoms in total. The summed E-state index contributed by atoms with van der Waals surface area (Å²) in [7, 11) is 2.16. The van der Waals surface area contributed by atoms with Crippen molar-refractivity contribution in [1.29, 1.82) is 0 Å². The molecule has 3 N–H and O–H groups in total. The minimum absolute atomic E-state index is 0.0420. The van der Waals surface area contributed by atoms with Gasteiger partial charge >= 0.3 is 0 Å². The normalized spacial score (nSPS) is 17.1. The van der Waals surface area contributed by atoms with E-state index < -0.39 is 0 Å². The number of hydrogen-bond donors (Lipinski definition) is 2. The minimum Gasteiger partial charge on any atom is -0.473 e. The van der Waals surface area contributed by atoms with Crippen molar-refractivity contribution in [2.75, 3.05) is 57.4 Å². The van der Waals surface area contributed by atoms with Crippen LogP contribution < -0.4 is 15.8 Å². The molecule has 1 fully saturated rings. The van der Waals surface area contributed by atoms with Crippen LogP contribution in [-0.2, 0) is 0 Å². The van der Waals surface area contributed by atoms with E-state index in [1.54, 1.807) is 0 Å². The van der Waals surface area contributed by atoms with Gasteiger partial charge in [0.25, 0.3) is 0 Å². The average molecular weight is 294 g/mol. The Hall–Kier alpha value is -1.60. The van der Waals surface area contributed by atoms with E-state index in [1.165, 1.54) is 6.33 Å². The van der Waals surface area contributed by atoms with Crippen LogP contribution in [0.3, 0.4) is 0 Å². The van der Waals surface area contributed by atoms with Gasteiger partial charge in [-0.2, -0.15) is 4.98 Å². The van der Waals surface area contributed by atoms with Crippen LogP contribution in [0, 0.1) is 0 Å². The molecule has 0 aliphatic carbocycles. The van der Waals surface area contributed by atoms with Crippen LogP contribution in [0.2, 0.25) is 0 Å². The molecule has 21 heavy (non-hydrogen) atoms. The molecule has 118 valence electrons. The number of nitrogens with zero attached hydrogens (tertiary/aromatic N) is 4. The van der Waals surface area contributed by atoms with E-state index >= 15 is 0 Å². The van der Waals surface area contributed by atoms with Crippen LogP contribution in [0.5, 0.6) is 5.88 Å². The maximum Gasteiger partial charge on any atom is 0.242 e. The fourth-order valence-corrected chi connectivity index (χ4v) is 2.24. The summed E-state index contributed by atoms with van der Waals surface area (Å²) >= 11 is 0. The van der Waals surface area contributed by atoms with Gasteiger partial charge in [0, 0.05) is 39.3 Å². The summed E-state index contributed by atoms with van der Waals surface area (Å²) in [6, 6.07) is 0. The number of nitrogens with two attached hydrogens (primary N) is 1. The van der Waals surface area contributed by atoms with Crippen molar-refractivity contribution in [3.8, 4) is 5.88 Å². The molecule has 0 saturated carbocycles. The van der Waals surface area contributed by atoms with Crippen LogP contribution in [0.25, 0.3) is 0 Å².